The molecule has 3 heterocycles. The molecule has 7 heteroatoms. The molecule has 0 radical (unpaired) electrons. The molecule has 1 amide bonds. The van der Waals surface area contributed by atoms with Crippen LogP contribution in [0.5, 0.6) is 0 Å². The van der Waals surface area contributed by atoms with E-state index in [1.165, 1.54) is 12.8 Å². The molecule has 2 N–H and O–H groups in total. The van der Waals surface area contributed by atoms with Crippen molar-refractivity contribution in [1.29, 1.82) is 0 Å². The Morgan fingerprint density at radius 2 is 2.19 bits per heavy atom. The van der Waals surface area contributed by atoms with E-state index in [1.807, 2.05) is 12.1 Å². The predicted molar refractivity (Wildman–Crippen MR) is 94.1 cm³/mol. The minimum absolute atomic E-state index is 0.293. The summed E-state index contributed by atoms with van der Waals surface area (Å²) in [5, 5.41) is 0. The first-order valence-electron chi connectivity index (χ1n) is 9.04. The maximum absolute atomic E-state index is 11.6. The summed E-state index contributed by atoms with van der Waals surface area (Å²) in [5.74, 6) is 1.05. The van der Waals surface area contributed by atoms with Crippen molar-refractivity contribution in [1.82, 2.24) is 14.9 Å². The molecule has 4 rings (SSSR count). The number of amides is 1. The largest absolute Gasteiger partial charge is 0.447 e. The Bertz CT molecular complexity index is 763. The Morgan fingerprint density at radius 3 is 2.81 bits per heavy atom. The van der Waals surface area contributed by atoms with Crippen molar-refractivity contribution in [2.45, 2.75) is 31.4 Å². The number of carbonyl (C=O) groups is 1. The van der Waals surface area contributed by atoms with Crippen molar-refractivity contribution in [2.75, 3.05) is 20.2 Å². The zero-order valence-electron chi connectivity index (χ0n) is 14.9. The van der Waals surface area contributed by atoms with Gasteiger partial charge in [-0.3, -0.25) is 14.7 Å². The molecule has 1 aliphatic carbocycles. The summed E-state index contributed by atoms with van der Waals surface area (Å²) >= 11 is 0. The lowest BCUT2D eigenvalue weighted by Gasteiger charge is -2.55. The lowest BCUT2D eigenvalue weighted by Crippen LogP contribution is -2.58. The fourth-order valence-corrected chi connectivity index (χ4v) is 4.93. The smallest absolute Gasteiger partial charge is 0.267 e. The van der Waals surface area contributed by atoms with E-state index in [1.54, 1.807) is 19.5 Å². The summed E-state index contributed by atoms with van der Waals surface area (Å²) in [6, 6.07) is 3.77. The number of carbonyl (C=O) groups excluding carboxylic acids is 1. The molecule has 1 aliphatic heterocycles. The van der Waals surface area contributed by atoms with E-state index in [9.17, 15) is 4.79 Å². The third-order valence-electron chi connectivity index (χ3n) is 5.94. The van der Waals surface area contributed by atoms with Gasteiger partial charge in [0.05, 0.1) is 12.7 Å². The van der Waals surface area contributed by atoms with Crippen molar-refractivity contribution < 1.29 is 13.9 Å². The molecule has 1 saturated carbocycles. The Hall–Kier alpha value is -2.25. The molecule has 2 aromatic rings. The van der Waals surface area contributed by atoms with Gasteiger partial charge in [-0.1, -0.05) is 6.42 Å². The van der Waals surface area contributed by atoms with Gasteiger partial charge in [-0.05, 0) is 30.5 Å². The fourth-order valence-electron chi connectivity index (χ4n) is 4.93. The van der Waals surface area contributed by atoms with Crippen LogP contribution in [0.15, 0.2) is 35.3 Å². The average molecular weight is 356 g/mol. The first kappa shape index (κ1) is 17.2. The number of nitrogens with two attached hydrogens (primary N) is 1. The monoisotopic (exact) mass is 356 g/mol. The van der Waals surface area contributed by atoms with E-state index in [4.69, 9.17) is 14.9 Å². The summed E-state index contributed by atoms with van der Waals surface area (Å²) < 4.78 is 11.6. The summed E-state index contributed by atoms with van der Waals surface area (Å²) in [4.78, 5) is 22.1. The van der Waals surface area contributed by atoms with Crippen LogP contribution < -0.4 is 5.73 Å². The average Bonchev–Trinajstić information content (AvgIpc) is 3.14. The first-order valence-corrected chi connectivity index (χ1v) is 9.04. The summed E-state index contributed by atoms with van der Waals surface area (Å²) in [5.41, 5.74) is 6.35. The van der Waals surface area contributed by atoms with E-state index < -0.39 is 11.5 Å². The Balaban J connectivity index is 1.66. The van der Waals surface area contributed by atoms with Gasteiger partial charge in [0.15, 0.2) is 6.39 Å². The van der Waals surface area contributed by atoms with E-state index >= 15 is 0 Å². The van der Waals surface area contributed by atoms with E-state index in [2.05, 4.69) is 14.9 Å². The number of fused-ring (bicyclic) bond motifs is 2. The van der Waals surface area contributed by atoms with Crippen molar-refractivity contribution in [2.24, 2.45) is 17.6 Å². The molecular weight excluding hydrogens is 332 g/mol. The van der Waals surface area contributed by atoms with Gasteiger partial charge in [0, 0.05) is 38.2 Å². The molecular formula is C19H24N4O3. The van der Waals surface area contributed by atoms with E-state index in [-0.39, 0.29) is 0 Å². The number of aromatic nitrogens is 2. The highest BCUT2D eigenvalue weighted by Crippen LogP contribution is 2.51. The number of rotatable bonds is 5. The zero-order chi connectivity index (χ0) is 18.1. The molecule has 7 nitrogen and oxygen atoms in total. The van der Waals surface area contributed by atoms with Gasteiger partial charge in [-0.2, -0.15) is 0 Å². The van der Waals surface area contributed by atoms with Crippen LogP contribution >= 0.6 is 0 Å². The molecule has 2 aromatic heterocycles. The Morgan fingerprint density at radius 1 is 1.42 bits per heavy atom. The van der Waals surface area contributed by atoms with E-state index in [0.717, 1.165) is 43.8 Å². The van der Waals surface area contributed by atoms with Gasteiger partial charge in [0.1, 0.15) is 17.1 Å². The van der Waals surface area contributed by atoms with Crippen LogP contribution in [0.1, 0.15) is 41.1 Å². The van der Waals surface area contributed by atoms with Crippen LogP contribution in [0.4, 0.5) is 0 Å². The number of piperidine rings is 1. The standard InChI is InChI=1S/C19H24N4O3/c1-25-19(13-5-6-22-17(7-13)18(20)24)14-3-2-4-15(19)10-23(9-14)11-16-8-21-12-26-16/h5-8,12,14-15H,2-4,9-11H2,1H3,(H2,20,24). The van der Waals surface area contributed by atoms with Gasteiger partial charge in [0.25, 0.3) is 5.91 Å². The highest BCUT2D eigenvalue weighted by molar-refractivity contribution is 5.90. The summed E-state index contributed by atoms with van der Waals surface area (Å²) in [7, 11) is 1.78. The third kappa shape index (κ3) is 2.81. The van der Waals surface area contributed by atoms with Crippen molar-refractivity contribution in [3.8, 4) is 0 Å². The number of likely N-dealkylation sites (tertiary alicyclic amines) is 1. The Kier molecular flexibility index (Phi) is 4.50. The molecule has 0 spiro atoms. The predicted octanol–water partition coefficient (Wildman–Crippen LogP) is 1.94. The molecule has 0 aromatic carbocycles. The molecule has 138 valence electrons. The van der Waals surface area contributed by atoms with Crippen LogP contribution in [0.25, 0.3) is 0 Å². The lowest BCUT2D eigenvalue weighted by molar-refractivity contribution is -0.170. The lowest BCUT2D eigenvalue weighted by atomic mass is 9.62. The highest BCUT2D eigenvalue weighted by atomic mass is 16.5. The number of hydrogen-bond donors (Lipinski definition) is 1. The van der Waals surface area contributed by atoms with Gasteiger partial charge in [0.2, 0.25) is 0 Å². The number of ether oxygens (including phenoxy) is 1. The minimum Gasteiger partial charge on any atom is -0.447 e. The molecule has 2 fully saturated rings. The number of pyridine rings is 1. The topological polar surface area (TPSA) is 94.5 Å². The van der Waals surface area contributed by atoms with Gasteiger partial charge in [-0.15, -0.1) is 0 Å². The van der Waals surface area contributed by atoms with Gasteiger partial charge in [-0.25, -0.2) is 4.98 Å². The van der Waals surface area contributed by atoms with Crippen LogP contribution in [-0.4, -0.2) is 41.0 Å². The second-order valence-electron chi connectivity index (χ2n) is 7.28. The maximum Gasteiger partial charge on any atom is 0.267 e. The molecule has 2 bridgehead atoms. The molecule has 2 atom stereocenters. The van der Waals surface area contributed by atoms with Crippen molar-refractivity contribution in [3.63, 3.8) is 0 Å². The molecule has 1 saturated heterocycles. The third-order valence-corrected chi connectivity index (χ3v) is 5.94. The normalized spacial score (nSPS) is 28.8. The molecule has 2 aliphatic rings. The second-order valence-corrected chi connectivity index (χ2v) is 7.28. The van der Waals surface area contributed by atoms with Crippen LogP contribution in [0, 0.1) is 11.8 Å². The van der Waals surface area contributed by atoms with Crippen molar-refractivity contribution in [3.05, 3.63) is 47.9 Å². The van der Waals surface area contributed by atoms with Gasteiger partial charge >= 0.3 is 0 Å². The molecule has 2 unspecified atom stereocenters. The maximum atomic E-state index is 11.6. The Labute approximate surface area is 152 Å². The first-order chi connectivity index (χ1) is 12.6. The number of nitrogens with zero attached hydrogens (tertiary/aromatic N) is 3. The quantitative estimate of drug-likeness (QED) is 0.880. The zero-order valence-corrected chi connectivity index (χ0v) is 14.9. The highest BCUT2D eigenvalue weighted by Gasteiger charge is 2.53. The number of methoxy groups -OCH3 is 1. The minimum atomic E-state index is -0.508. The van der Waals surface area contributed by atoms with E-state index in [0.29, 0.717) is 17.5 Å². The number of primary amides is 1. The second kappa shape index (κ2) is 6.81. The van der Waals surface area contributed by atoms with Crippen molar-refractivity contribution >= 4 is 5.91 Å². The SMILES string of the molecule is COC1(c2ccnc(C(N)=O)c2)C2CCCC1CN(Cc1cnco1)C2. The number of hydrogen-bond acceptors (Lipinski definition) is 6. The van der Waals surface area contributed by atoms with Crippen LogP contribution in [-0.2, 0) is 16.9 Å². The fraction of sp³-hybridized carbons (Fsp3) is 0.526. The molecule has 26 heavy (non-hydrogen) atoms. The van der Waals surface area contributed by atoms with Gasteiger partial charge < -0.3 is 14.9 Å². The van der Waals surface area contributed by atoms with Crippen LogP contribution in [0.3, 0.4) is 0 Å². The number of oxazole rings is 1. The summed E-state index contributed by atoms with van der Waals surface area (Å²) in [6.07, 6.45) is 8.28. The van der Waals surface area contributed by atoms with Crippen LogP contribution in [0.2, 0.25) is 0 Å². The summed E-state index contributed by atoms with van der Waals surface area (Å²) in [6.45, 7) is 2.59.